The second-order valence-corrected chi connectivity index (χ2v) is 11.7. The van der Waals surface area contributed by atoms with Gasteiger partial charge in [0.1, 0.15) is 34.1 Å². The Balaban J connectivity index is 1.88. The zero-order valence-corrected chi connectivity index (χ0v) is 26.4. The molecule has 0 unspecified atom stereocenters. The first-order valence-corrected chi connectivity index (χ1v) is 14.4. The summed E-state index contributed by atoms with van der Waals surface area (Å²) in [6.07, 6.45) is 0. The minimum absolute atomic E-state index is 0.0124. The summed E-state index contributed by atoms with van der Waals surface area (Å²) >= 11 is 1.97. The van der Waals surface area contributed by atoms with Gasteiger partial charge in [-0.2, -0.15) is 0 Å². The normalized spacial score (nSPS) is 11.2. The summed E-state index contributed by atoms with van der Waals surface area (Å²) in [4.78, 5) is 41.2. The number of fused-ring (bicyclic) bond motifs is 1. The number of hydrogen-bond acceptors (Lipinski definition) is 5. The van der Waals surface area contributed by atoms with Gasteiger partial charge in [-0.3, -0.25) is 18.7 Å². The van der Waals surface area contributed by atoms with Crippen LogP contribution >= 0.6 is 22.6 Å². The number of hydrogen-bond donors (Lipinski definition) is 0. The number of nitrogens with zero attached hydrogens (tertiary/aromatic N) is 3. The summed E-state index contributed by atoms with van der Waals surface area (Å²) in [6.45, 7) is 1.81. The highest BCUT2D eigenvalue weighted by Gasteiger charge is 2.24. The summed E-state index contributed by atoms with van der Waals surface area (Å²) in [6, 6.07) is 18.1. The average molecular weight is 670 g/mol. The van der Waals surface area contributed by atoms with E-state index in [1.807, 2.05) is 41.6 Å². The van der Waals surface area contributed by atoms with Crippen molar-refractivity contribution in [1.82, 2.24) is 13.7 Å². The lowest BCUT2D eigenvalue weighted by atomic mass is 10.2. The Hall–Kier alpha value is -3.97. The van der Waals surface area contributed by atoms with E-state index >= 15 is 4.39 Å². The summed E-state index contributed by atoms with van der Waals surface area (Å²) in [5.41, 5.74) is -0.596. The van der Waals surface area contributed by atoms with Gasteiger partial charge < -0.3 is 9.47 Å². The van der Waals surface area contributed by atoms with E-state index < -0.39 is 22.6 Å². The van der Waals surface area contributed by atoms with Gasteiger partial charge in [-0.25, -0.2) is 13.8 Å². The zero-order valence-electron chi connectivity index (χ0n) is 22.2. The van der Waals surface area contributed by atoms with E-state index in [1.165, 1.54) is 25.2 Å². The van der Waals surface area contributed by atoms with Crippen molar-refractivity contribution < 1.29 is 13.9 Å². The van der Waals surface area contributed by atoms with E-state index in [0.717, 1.165) is 34.7 Å². The van der Waals surface area contributed by atoms with Gasteiger partial charge in [-0.1, -0.05) is 29.5 Å². The highest BCUT2D eigenvalue weighted by molar-refractivity contribution is 14.1. The standard InChI is InChI=1S/C29H25FIN3O5Si/c1-16-22(5-4-6-24(16)40)39-23-14-25(35)32(2)27-26(23)28(36)33(15-17-7-10-19(38-3)11-8-17)29(37)34(27)21-12-9-18(31)13-20(21)30/h4-14H,15H2,1-3,40H3. The predicted octanol–water partition coefficient (Wildman–Crippen LogP) is 2.74. The summed E-state index contributed by atoms with van der Waals surface area (Å²) < 4.78 is 30.7. The lowest BCUT2D eigenvalue weighted by molar-refractivity contribution is 0.414. The first-order chi connectivity index (χ1) is 19.1. The van der Waals surface area contributed by atoms with Crippen molar-refractivity contribution in [2.45, 2.75) is 13.5 Å². The Bertz CT molecular complexity index is 1970. The third kappa shape index (κ3) is 4.90. The monoisotopic (exact) mass is 669 g/mol. The molecule has 0 atom stereocenters. The zero-order chi connectivity index (χ0) is 28.7. The van der Waals surface area contributed by atoms with E-state index in [0.29, 0.717) is 20.6 Å². The van der Waals surface area contributed by atoms with Gasteiger partial charge in [0, 0.05) is 26.9 Å². The van der Waals surface area contributed by atoms with Crippen LogP contribution in [0.3, 0.4) is 0 Å². The number of benzene rings is 3. The number of methoxy groups -OCH3 is 1. The van der Waals surface area contributed by atoms with Crippen molar-refractivity contribution in [3.8, 4) is 22.9 Å². The first-order valence-electron chi connectivity index (χ1n) is 12.3. The molecule has 0 bridgehead atoms. The summed E-state index contributed by atoms with van der Waals surface area (Å²) in [5, 5.41) is 1.08. The van der Waals surface area contributed by atoms with Crippen LogP contribution in [0.1, 0.15) is 11.1 Å². The molecule has 2 heterocycles. The van der Waals surface area contributed by atoms with Crippen molar-refractivity contribution in [1.29, 1.82) is 0 Å². The van der Waals surface area contributed by atoms with Crippen LogP contribution in [0.2, 0.25) is 0 Å². The van der Waals surface area contributed by atoms with Gasteiger partial charge in [0.2, 0.25) is 0 Å². The molecule has 0 N–H and O–H groups in total. The Morgan fingerprint density at radius 1 is 0.975 bits per heavy atom. The predicted molar refractivity (Wildman–Crippen MR) is 165 cm³/mol. The van der Waals surface area contributed by atoms with E-state index in [-0.39, 0.29) is 29.0 Å². The number of pyridine rings is 1. The maximum absolute atomic E-state index is 15.4. The third-order valence-electron chi connectivity index (χ3n) is 6.89. The van der Waals surface area contributed by atoms with Gasteiger partial charge >= 0.3 is 5.69 Å². The molecule has 2 aromatic heterocycles. The Morgan fingerprint density at radius 2 is 1.70 bits per heavy atom. The molecule has 5 rings (SSSR count). The SMILES string of the molecule is COc1ccc(Cn2c(=O)c3c(Oc4cccc([SiH3])c4C)cc(=O)n(C)c3n(-c3ccc(I)cc3F)c2=O)cc1. The van der Waals surface area contributed by atoms with Crippen molar-refractivity contribution in [3.63, 3.8) is 0 Å². The van der Waals surface area contributed by atoms with E-state index in [9.17, 15) is 14.4 Å². The highest BCUT2D eigenvalue weighted by atomic mass is 127. The largest absolute Gasteiger partial charge is 0.497 e. The van der Waals surface area contributed by atoms with Crippen LogP contribution < -0.4 is 31.5 Å². The van der Waals surface area contributed by atoms with E-state index in [4.69, 9.17) is 9.47 Å². The molecule has 0 amide bonds. The molecule has 0 aliphatic carbocycles. The molecule has 40 heavy (non-hydrogen) atoms. The molecule has 0 aliphatic rings. The summed E-state index contributed by atoms with van der Waals surface area (Å²) in [5.74, 6) is 0.418. The van der Waals surface area contributed by atoms with Gasteiger partial charge in [0.15, 0.2) is 0 Å². The third-order valence-corrected chi connectivity index (χ3v) is 8.65. The maximum Gasteiger partial charge on any atom is 0.337 e. The molecule has 0 spiro atoms. The minimum atomic E-state index is -0.793. The molecule has 0 fully saturated rings. The molecule has 8 nitrogen and oxygen atoms in total. The number of aromatic nitrogens is 3. The van der Waals surface area contributed by atoms with Crippen LogP contribution in [0, 0.1) is 16.3 Å². The maximum atomic E-state index is 15.4. The molecule has 0 saturated heterocycles. The van der Waals surface area contributed by atoms with Gasteiger partial charge in [-0.15, -0.1) is 0 Å². The van der Waals surface area contributed by atoms with E-state index in [2.05, 4.69) is 0 Å². The number of halogens is 2. The lowest BCUT2D eigenvalue weighted by Gasteiger charge is -2.19. The number of rotatable bonds is 6. The van der Waals surface area contributed by atoms with Crippen molar-refractivity contribution in [2.75, 3.05) is 7.11 Å². The Labute approximate surface area is 244 Å². The van der Waals surface area contributed by atoms with Crippen molar-refractivity contribution in [2.24, 2.45) is 7.05 Å². The number of ether oxygens (including phenoxy) is 2. The Morgan fingerprint density at radius 3 is 2.38 bits per heavy atom. The van der Waals surface area contributed by atoms with Crippen LogP contribution in [0.5, 0.6) is 17.2 Å². The van der Waals surface area contributed by atoms with Gasteiger partial charge in [0.25, 0.3) is 11.1 Å². The van der Waals surface area contributed by atoms with Crippen molar-refractivity contribution in [3.05, 3.63) is 118 Å². The smallest absolute Gasteiger partial charge is 0.337 e. The lowest BCUT2D eigenvalue weighted by Crippen LogP contribution is -2.42. The second kappa shape index (κ2) is 10.9. The second-order valence-electron chi connectivity index (χ2n) is 9.36. The molecular weight excluding hydrogens is 644 g/mol. The topological polar surface area (TPSA) is 84.5 Å². The van der Waals surface area contributed by atoms with E-state index in [1.54, 1.807) is 43.5 Å². The van der Waals surface area contributed by atoms with Crippen LogP contribution in [-0.2, 0) is 13.6 Å². The molecule has 0 radical (unpaired) electrons. The minimum Gasteiger partial charge on any atom is -0.497 e. The molecule has 3 aromatic carbocycles. The van der Waals surface area contributed by atoms with Crippen molar-refractivity contribution >= 4 is 49.1 Å². The molecule has 11 heteroatoms. The molecule has 0 saturated carbocycles. The highest BCUT2D eigenvalue weighted by Crippen LogP contribution is 2.29. The van der Waals surface area contributed by atoms with Crippen LogP contribution in [0.15, 0.2) is 81.1 Å². The fourth-order valence-electron chi connectivity index (χ4n) is 4.53. The number of aryl methyl sites for hydroxylation is 1. The fourth-order valence-corrected chi connectivity index (χ4v) is 5.42. The van der Waals surface area contributed by atoms with Crippen LogP contribution in [0.4, 0.5) is 4.39 Å². The molecule has 5 aromatic rings. The first kappa shape index (κ1) is 27.6. The fraction of sp³-hybridized carbons (Fsp3) is 0.138. The molecule has 0 aliphatic heterocycles. The van der Waals surface area contributed by atoms with Crippen LogP contribution in [0.25, 0.3) is 16.7 Å². The molecular formula is C29H25FIN3O5Si. The summed E-state index contributed by atoms with van der Waals surface area (Å²) in [7, 11) is 3.75. The van der Waals surface area contributed by atoms with Crippen LogP contribution in [-0.4, -0.2) is 31.1 Å². The van der Waals surface area contributed by atoms with Gasteiger partial charge in [0.05, 0.1) is 19.3 Å². The molecule has 204 valence electrons. The average Bonchev–Trinajstić information content (AvgIpc) is 2.93. The Kier molecular flexibility index (Phi) is 7.51. The quantitative estimate of drug-likeness (QED) is 0.205. The van der Waals surface area contributed by atoms with Gasteiger partial charge in [-0.05, 0) is 77.0 Å².